The maximum Gasteiger partial charge on any atom is 0.407 e. The summed E-state index contributed by atoms with van der Waals surface area (Å²) in [5, 5.41) is 11.9. The Labute approximate surface area is 165 Å². The van der Waals surface area contributed by atoms with Gasteiger partial charge in [0, 0.05) is 11.8 Å². The fourth-order valence-electron chi connectivity index (χ4n) is 3.81. The van der Waals surface area contributed by atoms with Crippen LogP contribution in [-0.4, -0.2) is 29.8 Å². The van der Waals surface area contributed by atoms with Crippen LogP contribution in [0, 0.1) is 5.92 Å². The number of hydrogen-bond acceptors (Lipinski definition) is 3. The molecule has 0 bridgehead atoms. The van der Waals surface area contributed by atoms with E-state index in [1.807, 2.05) is 56.3 Å². The smallest absolute Gasteiger partial charge is 0.407 e. The number of carboxylic acids is 1. The topological polar surface area (TPSA) is 75.6 Å². The van der Waals surface area contributed by atoms with E-state index >= 15 is 0 Å². The molecule has 0 aliphatic heterocycles. The van der Waals surface area contributed by atoms with E-state index < -0.39 is 18.1 Å². The number of amides is 1. The number of ether oxygens (including phenoxy) is 1. The van der Waals surface area contributed by atoms with Crippen LogP contribution >= 0.6 is 0 Å². The molecule has 2 aromatic rings. The fraction of sp³-hybridized carbons (Fsp3) is 0.304. The van der Waals surface area contributed by atoms with Crippen LogP contribution in [0.25, 0.3) is 11.1 Å². The second kappa shape index (κ2) is 8.30. The Hall–Kier alpha value is -3.08. The van der Waals surface area contributed by atoms with Crippen molar-refractivity contribution in [3.05, 3.63) is 71.3 Å². The Morgan fingerprint density at radius 2 is 1.61 bits per heavy atom. The van der Waals surface area contributed by atoms with Gasteiger partial charge in [0.2, 0.25) is 0 Å². The Morgan fingerprint density at radius 3 is 2.11 bits per heavy atom. The third-order valence-corrected chi connectivity index (χ3v) is 5.01. The summed E-state index contributed by atoms with van der Waals surface area (Å²) < 4.78 is 5.44. The lowest BCUT2D eigenvalue weighted by molar-refractivity contribution is -0.140. The summed E-state index contributed by atoms with van der Waals surface area (Å²) in [5.74, 6) is -1.49. The number of aliphatic carboxylic acids is 1. The zero-order chi connectivity index (χ0) is 20.3. The number of allylic oxidation sites excluding steroid dienone is 1. The number of carbonyl (C=O) groups excluding carboxylic acids is 1. The zero-order valence-corrected chi connectivity index (χ0v) is 16.3. The first-order valence-electron chi connectivity index (χ1n) is 9.37. The monoisotopic (exact) mass is 379 g/mol. The van der Waals surface area contributed by atoms with Crippen LogP contribution in [0.5, 0.6) is 0 Å². The molecule has 0 spiro atoms. The van der Waals surface area contributed by atoms with Crippen LogP contribution in [-0.2, 0) is 9.53 Å². The predicted octanol–water partition coefficient (Wildman–Crippen LogP) is 4.58. The number of hydrogen-bond donors (Lipinski definition) is 2. The van der Waals surface area contributed by atoms with Gasteiger partial charge in [-0.2, -0.15) is 0 Å². The van der Waals surface area contributed by atoms with Gasteiger partial charge < -0.3 is 15.2 Å². The number of benzene rings is 2. The number of carboxylic acid groups (broad SMARTS) is 1. The lowest BCUT2D eigenvalue weighted by Gasteiger charge is -2.20. The largest absolute Gasteiger partial charge is 0.480 e. The Kier molecular flexibility index (Phi) is 5.83. The van der Waals surface area contributed by atoms with Crippen molar-refractivity contribution in [2.75, 3.05) is 6.61 Å². The van der Waals surface area contributed by atoms with Gasteiger partial charge in [-0.25, -0.2) is 9.59 Å². The van der Waals surface area contributed by atoms with Gasteiger partial charge in [-0.15, -0.1) is 0 Å². The Balaban J connectivity index is 1.71. The first-order valence-corrected chi connectivity index (χ1v) is 9.37. The Morgan fingerprint density at radius 1 is 1.07 bits per heavy atom. The first kappa shape index (κ1) is 19.7. The van der Waals surface area contributed by atoms with Crippen molar-refractivity contribution in [3.63, 3.8) is 0 Å². The summed E-state index contributed by atoms with van der Waals surface area (Å²) in [6.07, 6.45) is 1.10. The van der Waals surface area contributed by atoms with Crippen molar-refractivity contribution in [1.82, 2.24) is 5.32 Å². The van der Waals surface area contributed by atoms with Crippen molar-refractivity contribution in [1.29, 1.82) is 0 Å². The molecule has 3 rings (SSSR count). The van der Waals surface area contributed by atoms with Gasteiger partial charge in [0.25, 0.3) is 0 Å². The molecule has 0 heterocycles. The highest BCUT2D eigenvalue weighted by Crippen LogP contribution is 2.44. The van der Waals surface area contributed by atoms with Gasteiger partial charge >= 0.3 is 12.1 Å². The molecule has 0 saturated carbocycles. The van der Waals surface area contributed by atoms with E-state index in [9.17, 15) is 14.7 Å². The predicted molar refractivity (Wildman–Crippen MR) is 108 cm³/mol. The number of fused-ring (bicyclic) bond motifs is 3. The molecule has 2 atom stereocenters. The van der Waals surface area contributed by atoms with Crippen LogP contribution in [0.1, 0.15) is 37.8 Å². The van der Waals surface area contributed by atoms with Gasteiger partial charge in [0.15, 0.2) is 0 Å². The summed E-state index contributed by atoms with van der Waals surface area (Å²) in [6, 6.07) is 15.1. The molecule has 2 aromatic carbocycles. The van der Waals surface area contributed by atoms with E-state index in [1.165, 1.54) is 0 Å². The van der Waals surface area contributed by atoms with Crippen LogP contribution in [0.4, 0.5) is 4.79 Å². The molecule has 0 radical (unpaired) electrons. The van der Waals surface area contributed by atoms with Crippen LogP contribution in [0.15, 0.2) is 60.2 Å². The molecule has 5 heteroatoms. The van der Waals surface area contributed by atoms with E-state index in [4.69, 9.17) is 4.74 Å². The minimum atomic E-state index is -1.08. The average Bonchev–Trinajstić information content (AvgIpc) is 2.97. The number of rotatable bonds is 6. The lowest BCUT2D eigenvalue weighted by Crippen LogP contribution is -2.45. The molecular weight excluding hydrogens is 354 g/mol. The van der Waals surface area contributed by atoms with Crippen LogP contribution in [0.3, 0.4) is 0 Å². The van der Waals surface area contributed by atoms with E-state index in [-0.39, 0.29) is 18.4 Å². The highest BCUT2D eigenvalue weighted by Gasteiger charge is 2.30. The molecule has 1 aliphatic carbocycles. The third-order valence-electron chi connectivity index (χ3n) is 5.01. The van der Waals surface area contributed by atoms with Gasteiger partial charge in [0.05, 0.1) is 0 Å². The maximum absolute atomic E-state index is 12.3. The quantitative estimate of drug-likeness (QED) is 0.721. The van der Waals surface area contributed by atoms with E-state index in [0.717, 1.165) is 27.8 Å². The summed E-state index contributed by atoms with van der Waals surface area (Å²) in [4.78, 5) is 23.9. The van der Waals surface area contributed by atoms with E-state index in [0.29, 0.717) is 0 Å². The fourth-order valence-corrected chi connectivity index (χ4v) is 3.81. The minimum Gasteiger partial charge on any atom is -0.480 e. The molecule has 0 unspecified atom stereocenters. The van der Waals surface area contributed by atoms with Crippen molar-refractivity contribution in [2.45, 2.75) is 32.7 Å². The standard InChI is InChI=1S/C23H25NO4/c1-14(2)12-15(3)21(22(25)26)24-23(27)28-13-20-18-10-6-4-8-16(18)17-9-5-7-11-19(17)20/h4-12,15,20-21H,13H2,1-3H3,(H,24,27)(H,25,26)/t15-,21+/m1/s1. The number of nitrogens with one attached hydrogen (secondary N) is 1. The summed E-state index contributed by atoms with van der Waals surface area (Å²) in [7, 11) is 0. The van der Waals surface area contributed by atoms with Crippen molar-refractivity contribution in [3.8, 4) is 11.1 Å². The average molecular weight is 379 g/mol. The highest BCUT2D eigenvalue weighted by atomic mass is 16.5. The van der Waals surface area contributed by atoms with Gasteiger partial charge in [-0.3, -0.25) is 0 Å². The van der Waals surface area contributed by atoms with E-state index in [2.05, 4.69) is 17.4 Å². The van der Waals surface area contributed by atoms with Crippen molar-refractivity contribution in [2.24, 2.45) is 5.92 Å². The van der Waals surface area contributed by atoms with Crippen LogP contribution < -0.4 is 5.32 Å². The second-order valence-corrected chi connectivity index (χ2v) is 7.39. The Bertz CT molecular complexity index is 869. The summed E-state index contributed by atoms with van der Waals surface area (Å²) in [5.41, 5.74) is 5.52. The second-order valence-electron chi connectivity index (χ2n) is 7.39. The van der Waals surface area contributed by atoms with Gasteiger partial charge in [-0.1, -0.05) is 67.1 Å². The minimum absolute atomic E-state index is 0.0587. The normalized spacial score (nSPS) is 14.4. The van der Waals surface area contributed by atoms with Crippen LogP contribution in [0.2, 0.25) is 0 Å². The SMILES string of the molecule is CC(C)=C[C@@H](C)[C@H](NC(=O)OCC1c2ccccc2-c2ccccc21)C(=O)O. The number of alkyl carbamates (subject to hydrolysis) is 1. The molecule has 1 amide bonds. The molecule has 146 valence electrons. The molecular formula is C23H25NO4. The summed E-state index contributed by atoms with van der Waals surface area (Å²) in [6.45, 7) is 5.70. The van der Waals surface area contributed by atoms with E-state index in [1.54, 1.807) is 6.92 Å². The molecule has 2 N–H and O–H groups in total. The first-order chi connectivity index (χ1) is 13.4. The zero-order valence-electron chi connectivity index (χ0n) is 16.3. The molecule has 0 fully saturated rings. The number of carbonyl (C=O) groups is 2. The molecule has 1 aliphatic rings. The van der Waals surface area contributed by atoms with Gasteiger partial charge in [0.1, 0.15) is 12.6 Å². The molecule has 28 heavy (non-hydrogen) atoms. The maximum atomic E-state index is 12.3. The van der Waals surface area contributed by atoms with Crippen molar-refractivity contribution < 1.29 is 19.4 Å². The molecule has 5 nitrogen and oxygen atoms in total. The highest BCUT2D eigenvalue weighted by molar-refractivity contribution is 5.81. The third kappa shape index (κ3) is 4.09. The summed E-state index contributed by atoms with van der Waals surface area (Å²) >= 11 is 0. The van der Waals surface area contributed by atoms with Crippen molar-refractivity contribution >= 4 is 12.1 Å². The molecule has 0 saturated heterocycles. The van der Waals surface area contributed by atoms with Gasteiger partial charge in [-0.05, 0) is 36.1 Å². The lowest BCUT2D eigenvalue weighted by atomic mass is 9.98. The molecule has 0 aromatic heterocycles.